The second kappa shape index (κ2) is 11.7. The molecule has 1 N–H and O–H groups in total. The van der Waals surface area contributed by atoms with Gasteiger partial charge in [0.2, 0.25) is 5.91 Å². The van der Waals surface area contributed by atoms with Gasteiger partial charge in [-0.15, -0.1) is 0 Å². The zero-order chi connectivity index (χ0) is 24.7. The van der Waals surface area contributed by atoms with E-state index in [1.54, 1.807) is 21.1 Å². The number of ketones is 1. The molecule has 7 heteroatoms. The molecular weight excluding hydrogens is 434 g/mol. The van der Waals surface area contributed by atoms with E-state index in [1.165, 1.54) is 7.11 Å². The fraction of sp³-hybridized carbons (Fsp3) is 0.444. The van der Waals surface area contributed by atoms with Crippen LogP contribution in [0.25, 0.3) is 11.1 Å². The van der Waals surface area contributed by atoms with E-state index >= 15 is 0 Å². The van der Waals surface area contributed by atoms with Gasteiger partial charge >= 0.3 is 5.97 Å². The summed E-state index contributed by atoms with van der Waals surface area (Å²) in [6.07, 6.45) is 3.04. The van der Waals surface area contributed by atoms with Gasteiger partial charge in [0.05, 0.1) is 26.9 Å². The summed E-state index contributed by atoms with van der Waals surface area (Å²) in [6, 6.07) is 12.5. The molecule has 0 spiro atoms. The van der Waals surface area contributed by atoms with Gasteiger partial charge in [-0.2, -0.15) is 0 Å². The molecule has 1 fully saturated rings. The Kier molecular flexibility index (Phi) is 8.68. The number of carbonyl (C=O) groups excluding carboxylic acids is 3. The first kappa shape index (κ1) is 25.3. The molecule has 1 atom stereocenters. The van der Waals surface area contributed by atoms with Crippen molar-refractivity contribution >= 4 is 17.7 Å². The maximum absolute atomic E-state index is 12.8. The number of hydrogen-bond donors (Lipinski definition) is 1. The van der Waals surface area contributed by atoms with Crippen LogP contribution in [-0.4, -0.2) is 45.0 Å². The summed E-state index contributed by atoms with van der Waals surface area (Å²) in [6.45, 7) is 1.60. The number of esters is 1. The molecule has 0 radical (unpaired) electrons. The predicted octanol–water partition coefficient (Wildman–Crippen LogP) is 3.97. The molecule has 1 saturated carbocycles. The Morgan fingerprint density at radius 3 is 1.94 bits per heavy atom. The lowest BCUT2D eigenvalue weighted by Crippen LogP contribution is -2.46. The van der Waals surface area contributed by atoms with Crippen molar-refractivity contribution in [2.24, 2.45) is 11.8 Å². The van der Waals surface area contributed by atoms with Gasteiger partial charge in [0.25, 0.3) is 0 Å². The molecule has 7 nitrogen and oxygen atoms in total. The largest absolute Gasteiger partial charge is 0.496 e. The maximum Gasteiger partial charge on any atom is 0.328 e. The molecular formula is C27H33NO6. The Morgan fingerprint density at radius 1 is 0.882 bits per heavy atom. The number of rotatable bonds is 9. The third-order valence-corrected chi connectivity index (χ3v) is 6.59. The van der Waals surface area contributed by atoms with Crippen LogP contribution < -0.4 is 14.8 Å². The standard InChI is InChI=1S/C27H33NO6/c1-17(29)19-12-14-21(15-13-19)26(30)28-22(27(31)34-4)16-18-8-10-20(11-9-18)25-23(32-2)6-5-7-24(25)33-3/h5-11,19,21-22H,12-16H2,1-4H3,(H,28,30)/t19?,21?,22-/m0/s1. The minimum atomic E-state index is -0.783. The lowest BCUT2D eigenvalue weighted by molar-refractivity contribution is -0.145. The fourth-order valence-corrected chi connectivity index (χ4v) is 4.57. The molecule has 2 aromatic rings. The van der Waals surface area contributed by atoms with Crippen LogP contribution in [0.4, 0.5) is 0 Å². The number of amides is 1. The molecule has 182 valence electrons. The second-order valence-electron chi connectivity index (χ2n) is 8.68. The Hall–Kier alpha value is -3.35. The topological polar surface area (TPSA) is 90.9 Å². The van der Waals surface area contributed by atoms with E-state index in [1.807, 2.05) is 42.5 Å². The van der Waals surface area contributed by atoms with Gasteiger partial charge in [0.15, 0.2) is 0 Å². The molecule has 0 unspecified atom stereocenters. The average molecular weight is 468 g/mol. The predicted molar refractivity (Wildman–Crippen MR) is 129 cm³/mol. The summed E-state index contributed by atoms with van der Waals surface area (Å²) in [5.41, 5.74) is 2.64. The molecule has 0 aromatic heterocycles. The smallest absolute Gasteiger partial charge is 0.328 e. The molecule has 0 heterocycles. The van der Waals surface area contributed by atoms with Gasteiger partial charge in [-0.25, -0.2) is 4.79 Å². The molecule has 0 bridgehead atoms. The van der Waals surface area contributed by atoms with E-state index in [0.717, 1.165) is 16.7 Å². The summed E-state index contributed by atoms with van der Waals surface area (Å²) in [5, 5.41) is 2.87. The Bertz CT molecular complexity index is 986. The number of carbonyl (C=O) groups is 3. The lowest BCUT2D eigenvalue weighted by atomic mass is 9.80. The van der Waals surface area contributed by atoms with Crippen molar-refractivity contribution in [2.75, 3.05) is 21.3 Å². The van der Waals surface area contributed by atoms with Crippen molar-refractivity contribution in [1.29, 1.82) is 0 Å². The van der Waals surface area contributed by atoms with Crippen molar-refractivity contribution in [3.05, 3.63) is 48.0 Å². The highest BCUT2D eigenvalue weighted by Gasteiger charge is 2.31. The third kappa shape index (κ3) is 5.95. The number of ether oxygens (including phenoxy) is 3. The SMILES string of the molecule is COC(=O)[C@H](Cc1ccc(-c2c(OC)cccc2OC)cc1)NC(=O)C1CCC(C(C)=O)CC1. The van der Waals surface area contributed by atoms with Crippen LogP contribution in [0.3, 0.4) is 0 Å². The van der Waals surface area contributed by atoms with Crippen LogP contribution >= 0.6 is 0 Å². The highest BCUT2D eigenvalue weighted by molar-refractivity contribution is 5.86. The summed E-state index contributed by atoms with van der Waals surface area (Å²) < 4.78 is 15.9. The minimum Gasteiger partial charge on any atom is -0.496 e. The summed E-state index contributed by atoms with van der Waals surface area (Å²) in [5.74, 6) is 0.788. The molecule has 1 amide bonds. The first-order valence-corrected chi connectivity index (χ1v) is 11.6. The van der Waals surface area contributed by atoms with Crippen LogP contribution in [0.2, 0.25) is 0 Å². The van der Waals surface area contributed by atoms with Crippen LogP contribution in [0.5, 0.6) is 11.5 Å². The molecule has 1 aliphatic rings. The van der Waals surface area contributed by atoms with Crippen LogP contribution in [0, 0.1) is 11.8 Å². The van der Waals surface area contributed by atoms with Crippen molar-refractivity contribution in [3.63, 3.8) is 0 Å². The first-order valence-electron chi connectivity index (χ1n) is 11.6. The average Bonchev–Trinajstić information content (AvgIpc) is 2.87. The van der Waals surface area contributed by atoms with Crippen LogP contribution in [0.15, 0.2) is 42.5 Å². The zero-order valence-electron chi connectivity index (χ0n) is 20.3. The Balaban J connectivity index is 1.71. The number of methoxy groups -OCH3 is 3. The molecule has 1 aliphatic carbocycles. The van der Waals surface area contributed by atoms with Gasteiger partial charge in [-0.1, -0.05) is 30.3 Å². The maximum atomic E-state index is 12.8. The number of Topliss-reactive ketones (excluding diaryl/α,β-unsaturated/α-hetero) is 1. The van der Waals surface area contributed by atoms with E-state index in [2.05, 4.69) is 5.32 Å². The Labute approximate surface area is 200 Å². The van der Waals surface area contributed by atoms with Crippen molar-refractivity contribution in [1.82, 2.24) is 5.32 Å². The summed E-state index contributed by atoms with van der Waals surface area (Å²) in [4.78, 5) is 36.9. The van der Waals surface area contributed by atoms with Gasteiger partial charge in [-0.3, -0.25) is 9.59 Å². The van der Waals surface area contributed by atoms with Crippen molar-refractivity contribution in [2.45, 2.75) is 45.1 Å². The van der Waals surface area contributed by atoms with Crippen LogP contribution in [-0.2, 0) is 25.5 Å². The molecule has 34 heavy (non-hydrogen) atoms. The lowest BCUT2D eigenvalue weighted by Gasteiger charge is -2.27. The molecule has 0 aliphatic heterocycles. The normalized spacial score (nSPS) is 18.5. The van der Waals surface area contributed by atoms with E-state index < -0.39 is 12.0 Å². The molecule has 0 saturated heterocycles. The number of nitrogens with one attached hydrogen (secondary N) is 1. The second-order valence-corrected chi connectivity index (χ2v) is 8.68. The first-order chi connectivity index (χ1) is 16.4. The van der Waals surface area contributed by atoms with Crippen molar-refractivity contribution in [3.8, 4) is 22.6 Å². The summed E-state index contributed by atoms with van der Waals surface area (Å²) >= 11 is 0. The zero-order valence-corrected chi connectivity index (χ0v) is 20.3. The monoisotopic (exact) mass is 467 g/mol. The van der Waals surface area contributed by atoms with Gasteiger partial charge in [0, 0.05) is 18.3 Å². The van der Waals surface area contributed by atoms with Gasteiger partial charge in [0.1, 0.15) is 23.3 Å². The van der Waals surface area contributed by atoms with Crippen molar-refractivity contribution < 1.29 is 28.6 Å². The number of hydrogen-bond acceptors (Lipinski definition) is 6. The summed E-state index contributed by atoms with van der Waals surface area (Å²) in [7, 11) is 4.54. The third-order valence-electron chi connectivity index (χ3n) is 6.59. The molecule has 2 aromatic carbocycles. The minimum absolute atomic E-state index is 0.0424. The van der Waals surface area contributed by atoms with E-state index in [-0.39, 0.29) is 23.5 Å². The Morgan fingerprint density at radius 2 is 1.44 bits per heavy atom. The fourth-order valence-electron chi connectivity index (χ4n) is 4.57. The molecule has 3 rings (SSSR count). The van der Waals surface area contributed by atoms with E-state index in [9.17, 15) is 14.4 Å². The quantitative estimate of drug-likeness (QED) is 0.561. The van der Waals surface area contributed by atoms with E-state index in [0.29, 0.717) is 43.6 Å². The van der Waals surface area contributed by atoms with Gasteiger partial charge in [-0.05, 0) is 55.9 Å². The van der Waals surface area contributed by atoms with Gasteiger partial charge < -0.3 is 19.5 Å². The van der Waals surface area contributed by atoms with Crippen LogP contribution in [0.1, 0.15) is 38.2 Å². The number of benzene rings is 2. The highest BCUT2D eigenvalue weighted by Crippen LogP contribution is 2.38. The van der Waals surface area contributed by atoms with E-state index in [4.69, 9.17) is 14.2 Å². The highest BCUT2D eigenvalue weighted by atomic mass is 16.5.